The Morgan fingerprint density at radius 2 is 1.95 bits per heavy atom. The van der Waals surface area contributed by atoms with Crippen LogP contribution in [-0.2, 0) is 21.1 Å². The molecule has 1 atom stereocenters. The van der Waals surface area contributed by atoms with Gasteiger partial charge in [0, 0.05) is 21.1 Å². The molecule has 2 rings (SSSR count). The molecule has 0 amide bonds. The lowest BCUT2D eigenvalue weighted by Gasteiger charge is -2.13. The van der Waals surface area contributed by atoms with Gasteiger partial charge in [-0.3, -0.25) is 9.36 Å². The Kier molecular flexibility index (Phi) is 3.19. The number of rotatable bonds is 3. The van der Waals surface area contributed by atoms with Crippen LogP contribution in [0.15, 0.2) is 15.9 Å². The molecule has 9 heteroatoms. The molecule has 2 aromatic rings. The maximum absolute atomic E-state index is 11.9. The van der Waals surface area contributed by atoms with E-state index in [0.29, 0.717) is 5.82 Å². The molecule has 2 heterocycles. The van der Waals surface area contributed by atoms with Crippen LogP contribution in [0.3, 0.4) is 0 Å². The lowest BCUT2D eigenvalue weighted by molar-refractivity contribution is 0.597. The number of hydrogen-bond donors (Lipinski definition) is 1. The van der Waals surface area contributed by atoms with Gasteiger partial charge in [-0.15, -0.1) is 15.3 Å². The van der Waals surface area contributed by atoms with Crippen LogP contribution >= 0.6 is 0 Å². The minimum absolute atomic E-state index is 0.0973. The first-order valence-corrected chi connectivity index (χ1v) is 5.66. The minimum atomic E-state index is -0.475. The summed E-state index contributed by atoms with van der Waals surface area (Å²) in [5, 5.41) is 14.6. The monoisotopic (exact) mass is 265 g/mol. The van der Waals surface area contributed by atoms with Crippen LogP contribution in [0, 0.1) is 0 Å². The molecule has 1 unspecified atom stereocenters. The summed E-state index contributed by atoms with van der Waals surface area (Å²) in [6.45, 7) is 1.83. The van der Waals surface area contributed by atoms with Crippen LogP contribution in [-0.4, -0.2) is 29.1 Å². The average Bonchev–Trinajstić information content (AvgIpc) is 2.79. The van der Waals surface area contributed by atoms with Gasteiger partial charge in [-0.1, -0.05) is 0 Å². The van der Waals surface area contributed by atoms with Gasteiger partial charge in [-0.05, 0) is 6.92 Å². The number of hydrogen-bond acceptors (Lipinski definition) is 6. The van der Waals surface area contributed by atoms with E-state index in [0.717, 1.165) is 9.25 Å². The number of aromatic nitrogens is 6. The standard InChI is InChI=1S/C10H15N7O2/c1-6(8-13-11-5-15(8)2)12-7-9(18)16(3)10(19)17(4)14-7/h5-6H,1-4H3,(H,12,14). The molecule has 0 aliphatic rings. The fourth-order valence-corrected chi connectivity index (χ4v) is 1.74. The summed E-state index contributed by atoms with van der Waals surface area (Å²) in [4.78, 5) is 23.4. The predicted molar refractivity (Wildman–Crippen MR) is 67.8 cm³/mol. The third kappa shape index (κ3) is 2.26. The Morgan fingerprint density at radius 3 is 2.53 bits per heavy atom. The van der Waals surface area contributed by atoms with Crippen molar-refractivity contribution in [2.45, 2.75) is 13.0 Å². The van der Waals surface area contributed by atoms with E-state index >= 15 is 0 Å². The SMILES string of the molecule is CC(Nc1nn(C)c(=O)n(C)c1=O)c1nncn1C. The van der Waals surface area contributed by atoms with Crippen molar-refractivity contribution in [2.24, 2.45) is 21.1 Å². The summed E-state index contributed by atoms with van der Waals surface area (Å²) < 4.78 is 3.84. The molecule has 0 aromatic carbocycles. The molecular weight excluding hydrogens is 250 g/mol. The van der Waals surface area contributed by atoms with E-state index in [4.69, 9.17) is 0 Å². The number of anilines is 1. The van der Waals surface area contributed by atoms with Gasteiger partial charge in [-0.2, -0.15) is 0 Å². The molecule has 0 bridgehead atoms. The molecule has 0 fully saturated rings. The normalized spacial score (nSPS) is 12.4. The first-order chi connectivity index (χ1) is 8.91. The quantitative estimate of drug-likeness (QED) is 0.746. The zero-order valence-electron chi connectivity index (χ0n) is 11.2. The molecule has 9 nitrogen and oxygen atoms in total. The Morgan fingerprint density at radius 1 is 1.26 bits per heavy atom. The van der Waals surface area contributed by atoms with Gasteiger partial charge in [0.15, 0.2) is 5.82 Å². The van der Waals surface area contributed by atoms with Crippen molar-refractivity contribution in [1.29, 1.82) is 0 Å². The largest absolute Gasteiger partial charge is 0.354 e. The van der Waals surface area contributed by atoms with Crippen LogP contribution in [0.1, 0.15) is 18.8 Å². The van der Waals surface area contributed by atoms with Crippen LogP contribution in [0.4, 0.5) is 5.82 Å². The van der Waals surface area contributed by atoms with Crippen molar-refractivity contribution >= 4 is 5.82 Å². The fraction of sp³-hybridized carbons (Fsp3) is 0.500. The summed E-state index contributed by atoms with van der Waals surface area (Å²) in [5.74, 6) is 0.762. The van der Waals surface area contributed by atoms with E-state index in [2.05, 4.69) is 20.6 Å². The van der Waals surface area contributed by atoms with Crippen LogP contribution in [0.25, 0.3) is 0 Å². The van der Waals surface area contributed by atoms with Gasteiger partial charge >= 0.3 is 5.69 Å². The van der Waals surface area contributed by atoms with E-state index in [-0.39, 0.29) is 11.9 Å². The van der Waals surface area contributed by atoms with Crippen molar-refractivity contribution in [3.05, 3.63) is 33.0 Å². The number of nitrogens with one attached hydrogen (secondary N) is 1. The minimum Gasteiger partial charge on any atom is -0.354 e. The molecule has 19 heavy (non-hydrogen) atoms. The Labute approximate surface area is 108 Å². The summed E-state index contributed by atoms with van der Waals surface area (Å²) in [5.41, 5.74) is -0.945. The maximum atomic E-state index is 11.9. The summed E-state index contributed by atoms with van der Waals surface area (Å²) in [6, 6.07) is -0.259. The second-order valence-electron chi connectivity index (χ2n) is 4.29. The lowest BCUT2D eigenvalue weighted by Crippen LogP contribution is -2.40. The van der Waals surface area contributed by atoms with Crippen molar-refractivity contribution in [1.82, 2.24) is 29.1 Å². The topological polar surface area (TPSA) is 99.6 Å². The first kappa shape index (κ1) is 13.0. The van der Waals surface area contributed by atoms with Crippen molar-refractivity contribution < 1.29 is 0 Å². The van der Waals surface area contributed by atoms with Crippen LogP contribution < -0.4 is 16.6 Å². The Balaban J connectivity index is 2.38. The number of nitrogens with zero attached hydrogens (tertiary/aromatic N) is 6. The lowest BCUT2D eigenvalue weighted by atomic mass is 10.3. The molecule has 102 valence electrons. The molecule has 0 radical (unpaired) electrons. The molecule has 1 N–H and O–H groups in total. The highest BCUT2D eigenvalue weighted by Crippen LogP contribution is 2.11. The smallest absolute Gasteiger partial charge is 0.346 e. The van der Waals surface area contributed by atoms with E-state index < -0.39 is 11.2 Å². The zero-order valence-corrected chi connectivity index (χ0v) is 11.2. The van der Waals surface area contributed by atoms with E-state index in [1.165, 1.54) is 14.1 Å². The first-order valence-electron chi connectivity index (χ1n) is 5.66. The Bertz CT molecular complexity index is 711. The fourth-order valence-electron chi connectivity index (χ4n) is 1.74. The van der Waals surface area contributed by atoms with Gasteiger partial charge in [0.25, 0.3) is 5.56 Å². The number of aryl methyl sites for hydroxylation is 2. The molecule has 0 saturated heterocycles. The second-order valence-corrected chi connectivity index (χ2v) is 4.29. The molecule has 2 aromatic heterocycles. The van der Waals surface area contributed by atoms with Crippen molar-refractivity contribution in [2.75, 3.05) is 5.32 Å². The highest BCUT2D eigenvalue weighted by molar-refractivity contribution is 5.32. The second kappa shape index (κ2) is 4.67. The summed E-state index contributed by atoms with van der Waals surface area (Å²) >= 11 is 0. The molecule has 0 spiro atoms. The Hall–Kier alpha value is -2.45. The molecular formula is C10H15N7O2. The van der Waals surface area contributed by atoms with Gasteiger partial charge in [0.05, 0.1) is 6.04 Å². The van der Waals surface area contributed by atoms with Gasteiger partial charge in [-0.25, -0.2) is 9.48 Å². The van der Waals surface area contributed by atoms with Gasteiger partial charge in [0.2, 0.25) is 5.82 Å². The summed E-state index contributed by atoms with van der Waals surface area (Å²) in [7, 11) is 4.70. The van der Waals surface area contributed by atoms with Crippen LogP contribution in [0.2, 0.25) is 0 Å². The highest BCUT2D eigenvalue weighted by Gasteiger charge is 2.15. The van der Waals surface area contributed by atoms with Gasteiger partial charge < -0.3 is 9.88 Å². The van der Waals surface area contributed by atoms with E-state index in [1.54, 1.807) is 17.9 Å². The molecule has 0 aliphatic carbocycles. The van der Waals surface area contributed by atoms with E-state index in [9.17, 15) is 9.59 Å². The zero-order chi connectivity index (χ0) is 14.2. The highest BCUT2D eigenvalue weighted by atomic mass is 16.2. The van der Waals surface area contributed by atoms with Crippen LogP contribution in [0.5, 0.6) is 0 Å². The van der Waals surface area contributed by atoms with E-state index in [1.807, 2.05) is 6.92 Å². The summed E-state index contributed by atoms with van der Waals surface area (Å²) in [6.07, 6.45) is 1.57. The predicted octanol–water partition coefficient (Wildman–Crippen LogP) is -1.22. The van der Waals surface area contributed by atoms with Gasteiger partial charge in [0.1, 0.15) is 6.33 Å². The molecule has 0 saturated carbocycles. The average molecular weight is 265 g/mol. The third-order valence-electron chi connectivity index (χ3n) is 2.81. The molecule has 0 aliphatic heterocycles. The third-order valence-corrected chi connectivity index (χ3v) is 2.81. The van der Waals surface area contributed by atoms with Crippen molar-refractivity contribution in [3.8, 4) is 0 Å². The van der Waals surface area contributed by atoms with Crippen molar-refractivity contribution in [3.63, 3.8) is 0 Å². The maximum Gasteiger partial charge on any atom is 0.346 e.